The van der Waals surface area contributed by atoms with Crippen LogP contribution in [-0.2, 0) is 4.79 Å². The van der Waals surface area contributed by atoms with E-state index in [-0.39, 0.29) is 5.69 Å². The molecule has 1 amide bonds. The molecule has 0 saturated carbocycles. The number of rotatable bonds is 5. The predicted molar refractivity (Wildman–Crippen MR) is 105 cm³/mol. The topological polar surface area (TPSA) is 92.7 Å². The summed E-state index contributed by atoms with van der Waals surface area (Å²) in [7, 11) is 0. The van der Waals surface area contributed by atoms with Gasteiger partial charge in [-0.05, 0) is 23.8 Å². The largest absolute Gasteiger partial charge is 0.368 e. The van der Waals surface area contributed by atoms with Crippen LogP contribution in [-0.4, -0.2) is 41.9 Å². The number of carbonyl (C=O) groups is 1. The minimum Gasteiger partial charge on any atom is -0.368 e. The number of hydrogen-bond acceptors (Lipinski definition) is 5. The second kappa shape index (κ2) is 8.12. The number of piperazine rings is 1. The summed E-state index contributed by atoms with van der Waals surface area (Å²) < 4.78 is 0. The standard InChI is InChI=1S/C18H18Cl2N4O3/c19-13-3-1-12(2-4-13)17(18(21)25)23-9-7-22(8-10-23)16-6-5-14(24(26)27)11-15(16)20/h1-6,11,17H,7-10H2,(H2,21,25). The molecule has 1 aliphatic rings. The van der Waals surface area contributed by atoms with E-state index in [0.29, 0.717) is 36.2 Å². The van der Waals surface area contributed by atoms with Crippen molar-refractivity contribution in [2.45, 2.75) is 6.04 Å². The molecule has 1 saturated heterocycles. The maximum atomic E-state index is 12.0. The maximum absolute atomic E-state index is 12.0. The van der Waals surface area contributed by atoms with Gasteiger partial charge in [0.15, 0.2) is 0 Å². The number of benzene rings is 2. The fourth-order valence-electron chi connectivity index (χ4n) is 3.29. The van der Waals surface area contributed by atoms with Crippen LogP contribution in [0.15, 0.2) is 42.5 Å². The van der Waals surface area contributed by atoms with Crippen LogP contribution in [0.1, 0.15) is 11.6 Å². The Morgan fingerprint density at radius 1 is 1.07 bits per heavy atom. The third kappa shape index (κ3) is 4.32. The number of hydrogen-bond donors (Lipinski definition) is 1. The zero-order chi connectivity index (χ0) is 19.6. The van der Waals surface area contributed by atoms with E-state index in [1.54, 1.807) is 30.3 Å². The molecule has 0 aliphatic carbocycles. The fraction of sp³-hybridized carbons (Fsp3) is 0.278. The van der Waals surface area contributed by atoms with Gasteiger partial charge < -0.3 is 10.6 Å². The Kier molecular flexibility index (Phi) is 5.84. The van der Waals surface area contributed by atoms with Gasteiger partial charge in [-0.3, -0.25) is 19.8 Å². The first kappa shape index (κ1) is 19.4. The van der Waals surface area contributed by atoms with Crippen molar-refractivity contribution in [3.05, 3.63) is 68.2 Å². The Labute approximate surface area is 166 Å². The number of carbonyl (C=O) groups excluding carboxylic acids is 1. The summed E-state index contributed by atoms with van der Waals surface area (Å²) in [5.74, 6) is -0.417. The number of amides is 1. The highest BCUT2D eigenvalue weighted by Crippen LogP contribution is 2.31. The third-order valence-corrected chi connectivity index (χ3v) is 5.17. The van der Waals surface area contributed by atoms with Gasteiger partial charge in [-0.2, -0.15) is 0 Å². The normalized spacial score (nSPS) is 16.1. The van der Waals surface area contributed by atoms with Gasteiger partial charge in [0, 0.05) is 43.3 Å². The first-order valence-corrected chi connectivity index (χ1v) is 9.10. The van der Waals surface area contributed by atoms with E-state index in [1.165, 1.54) is 12.1 Å². The lowest BCUT2D eigenvalue weighted by Gasteiger charge is -2.39. The highest BCUT2D eigenvalue weighted by molar-refractivity contribution is 6.33. The van der Waals surface area contributed by atoms with Crippen LogP contribution in [0.25, 0.3) is 0 Å². The minimum atomic E-state index is -0.531. The quantitative estimate of drug-likeness (QED) is 0.605. The van der Waals surface area contributed by atoms with Gasteiger partial charge >= 0.3 is 0 Å². The van der Waals surface area contributed by atoms with Crippen molar-refractivity contribution in [3.63, 3.8) is 0 Å². The lowest BCUT2D eigenvalue weighted by molar-refractivity contribution is -0.384. The molecule has 142 valence electrons. The molecule has 2 N–H and O–H groups in total. The Balaban J connectivity index is 1.73. The van der Waals surface area contributed by atoms with Crippen molar-refractivity contribution in [1.82, 2.24) is 4.90 Å². The number of non-ortho nitro benzene ring substituents is 1. The average Bonchev–Trinajstić information content (AvgIpc) is 2.64. The van der Waals surface area contributed by atoms with Crippen molar-refractivity contribution in [2.75, 3.05) is 31.1 Å². The summed E-state index contributed by atoms with van der Waals surface area (Å²) in [4.78, 5) is 26.5. The zero-order valence-corrected chi connectivity index (χ0v) is 15.9. The van der Waals surface area contributed by atoms with Crippen molar-refractivity contribution in [3.8, 4) is 0 Å². The second-order valence-electron chi connectivity index (χ2n) is 6.27. The Morgan fingerprint density at radius 3 is 2.22 bits per heavy atom. The van der Waals surface area contributed by atoms with Gasteiger partial charge in [0.05, 0.1) is 15.6 Å². The number of halogens is 2. The first-order valence-electron chi connectivity index (χ1n) is 8.34. The maximum Gasteiger partial charge on any atom is 0.271 e. The van der Waals surface area contributed by atoms with Crippen molar-refractivity contribution in [2.24, 2.45) is 5.73 Å². The molecule has 7 nitrogen and oxygen atoms in total. The molecule has 0 radical (unpaired) electrons. The third-order valence-electron chi connectivity index (χ3n) is 4.62. The summed E-state index contributed by atoms with van der Waals surface area (Å²) in [6.07, 6.45) is 0. The lowest BCUT2D eigenvalue weighted by atomic mass is 10.0. The Hall–Kier alpha value is -2.35. The van der Waals surface area contributed by atoms with E-state index >= 15 is 0 Å². The summed E-state index contributed by atoms with van der Waals surface area (Å²) in [5, 5.41) is 11.8. The first-order chi connectivity index (χ1) is 12.9. The fourth-order valence-corrected chi connectivity index (χ4v) is 3.71. The summed E-state index contributed by atoms with van der Waals surface area (Å²) >= 11 is 12.1. The molecular weight excluding hydrogens is 391 g/mol. The smallest absolute Gasteiger partial charge is 0.271 e. The van der Waals surface area contributed by atoms with Crippen LogP contribution < -0.4 is 10.6 Å². The van der Waals surface area contributed by atoms with Crippen LogP contribution in [0.3, 0.4) is 0 Å². The molecule has 1 atom stereocenters. The Bertz CT molecular complexity index is 852. The predicted octanol–water partition coefficient (Wildman–Crippen LogP) is 3.25. The number of nitro groups is 1. The molecule has 2 aromatic rings. The van der Waals surface area contributed by atoms with Gasteiger partial charge in [0.2, 0.25) is 5.91 Å². The van der Waals surface area contributed by atoms with Crippen molar-refractivity contribution < 1.29 is 9.72 Å². The SMILES string of the molecule is NC(=O)C(c1ccc(Cl)cc1)N1CCN(c2ccc([N+](=O)[O-])cc2Cl)CC1. The highest BCUT2D eigenvalue weighted by Gasteiger charge is 2.29. The summed E-state index contributed by atoms with van der Waals surface area (Å²) in [6.45, 7) is 2.44. The molecule has 1 unspecified atom stereocenters. The summed E-state index contributed by atoms with van der Waals surface area (Å²) in [5.41, 5.74) is 7.14. The van der Waals surface area contributed by atoms with Crippen LogP contribution >= 0.6 is 23.2 Å². The molecule has 0 bridgehead atoms. The molecule has 27 heavy (non-hydrogen) atoms. The minimum absolute atomic E-state index is 0.0427. The van der Waals surface area contributed by atoms with Gasteiger partial charge in [0.25, 0.3) is 5.69 Å². The molecular formula is C18H18Cl2N4O3. The van der Waals surface area contributed by atoms with Crippen LogP contribution in [0.2, 0.25) is 10.0 Å². The van der Waals surface area contributed by atoms with E-state index in [2.05, 4.69) is 0 Å². The van der Waals surface area contributed by atoms with Gasteiger partial charge in [-0.15, -0.1) is 0 Å². The molecule has 3 rings (SSSR count). The lowest BCUT2D eigenvalue weighted by Crippen LogP contribution is -2.50. The number of primary amides is 1. The van der Waals surface area contributed by atoms with Crippen LogP contribution in [0.4, 0.5) is 11.4 Å². The molecule has 1 heterocycles. The number of nitrogens with zero attached hydrogens (tertiary/aromatic N) is 3. The molecule has 1 aliphatic heterocycles. The van der Waals surface area contributed by atoms with Crippen molar-refractivity contribution in [1.29, 1.82) is 0 Å². The van der Waals surface area contributed by atoms with Crippen molar-refractivity contribution >= 4 is 40.5 Å². The van der Waals surface area contributed by atoms with E-state index < -0.39 is 16.9 Å². The summed E-state index contributed by atoms with van der Waals surface area (Å²) in [6, 6.07) is 11.0. The number of nitro benzene ring substituents is 1. The van der Waals surface area contributed by atoms with Gasteiger partial charge in [-0.25, -0.2) is 0 Å². The molecule has 9 heteroatoms. The second-order valence-corrected chi connectivity index (χ2v) is 7.12. The van der Waals surface area contributed by atoms with Crippen LogP contribution in [0, 0.1) is 10.1 Å². The van der Waals surface area contributed by atoms with Gasteiger partial charge in [-0.1, -0.05) is 35.3 Å². The number of nitrogens with two attached hydrogens (primary N) is 1. The Morgan fingerprint density at radius 2 is 1.70 bits per heavy atom. The molecule has 2 aromatic carbocycles. The average molecular weight is 409 g/mol. The van der Waals surface area contributed by atoms with Gasteiger partial charge in [0.1, 0.15) is 6.04 Å². The van der Waals surface area contributed by atoms with E-state index in [9.17, 15) is 14.9 Å². The number of anilines is 1. The molecule has 1 fully saturated rings. The van der Waals surface area contributed by atoms with E-state index in [0.717, 1.165) is 11.3 Å². The van der Waals surface area contributed by atoms with E-state index in [1.807, 2.05) is 9.80 Å². The van der Waals surface area contributed by atoms with E-state index in [4.69, 9.17) is 28.9 Å². The molecule has 0 aromatic heterocycles. The van der Waals surface area contributed by atoms with Crippen LogP contribution in [0.5, 0.6) is 0 Å². The highest BCUT2D eigenvalue weighted by atomic mass is 35.5. The zero-order valence-electron chi connectivity index (χ0n) is 14.3. The monoisotopic (exact) mass is 408 g/mol. The molecule has 0 spiro atoms.